The number of hydrogen-bond acceptors (Lipinski definition) is 3. The molecule has 1 fully saturated rings. The van der Waals surface area contributed by atoms with E-state index in [1.807, 2.05) is 13.3 Å². The number of imidazole rings is 1. The zero-order valence-electron chi connectivity index (χ0n) is 11.8. The highest BCUT2D eigenvalue weighted by Gasteiger charge is 2.21. The van der Waals surface area contributed by atoms with Gasteiger partial charge in [0.1, 0.15) is 0 Å². The molecule has 1 saturated carbocycles. The van der Waals surface area contributed by atoms with Gasteiger partial charge in [0.05, 0.1) is 24.3 Å². The maximum absolute atomic E-state index is 5.48. The van der Waals surface area contributed by atoms with Gasteiger partial charge in [-0.15, -0.1) is 0 Å². The number of nitrogens with one attached hydrogen (secondary N) is 2. The molecular weight excluding hydrogens is 250 g/mol. The Balaban J connectivity index is 1.63. The van der Waals surface area contributed by atoms with Crippen LogP contribution in [0.2, 0.25) is 0 Å². The van der Waals surface area contributed by atoms with Crippen molar-refractivity contribution >= 4 is 5.69 Å². The van der Waals surface area contributed by atoms with Crippen molar-refractivity contribution in [2.75, 3.05) is 12.4 Å². The molecule has 0 spiro atoms. The quantitative estimate of drug-likeness (QED) is 0.895. The summed E-state index contributed by atoms with van der Waals surface area (Å²) in [6, 6.07) is 9.02. The Bertz CT molecular complexity index is 521. The molecule has 2 atom stereocenters. The molecule has 0 amide bonds. The fourth-order valence-corrected chi connectivity index (χ4v) is 2.89. The van der Waals surface area contributed by atoms with Crippen LogP contribution in [0, 0.1) is 0 Å². The fourth-order valence-electron chi connectivity index (χ4n) is 2.89. The second kappa shape index (κ2) is 6.09. The minimum atomic E-state index is 0.408. The van der Waals surface area contributed by atoms with E-state index >= 15 is 0 Å². The van der Waals surface area contributed by atoms with Gasteiger partial charge in [0.2, 0.25) is 0 Å². The van der Waals surface area contributed by atoms with Crippen LogP contribution in [0.5, 0.6) is 0 Å². The van der Waals surface area contributed by atoms with Gasteiger partial charge in [0.15, 0.2) is 0 Å². The number of aromatic nitrogens is 2. The number of anilines is 1. The van der Waals surface area contributed by atoms with Gasteiger partial charge in [-0.3, -0.25) is 0 Å². The number of ether oxygens (including phenoxy) is 1. The molecule has 1 heterocycles. The summed E-state index contributed by atoms with van der Waals surface area (Å²) in [6.07, 6.45) is 8.70. The van der Waals surface area contributed by atoms with Gasteiger partial charge in [-0.05, 0) is 43.4 Å². The first-order chi connectivity index (χ1) is 9.85. The molecule has 0 radical (unpaired) electrons. The lowest BCUT2D eigenvalue weighted by molar-refractivity contribution is 0.0669. The highest BCUT2D eigenvalue weighted by Crippen LogP contribution is 2.25. The summed E-state index contributed by atoms with van der Waals surface area (Å²) in [4.78, 5) is 7.17. The van der Waals surface area contributed by atoms with Gasteiger partial charge in [0, 0.05) is 18.8 Å². The lowest BCUT2D eigenvalue weighted by Crippen LogP contribution is -2.30. The summed E-state index contributed by atoms with van der Waals surface area (Å²) in [5, 5.41) is 3.61. The van der Waals surface area contributed by atoms with Crippen LogP contribution in [-0.4, -0.2) is 29.2 Å². The smallest absolute Gasteiger partial charge is 0.0924 e. The Morgan fingerprint density at radius 3 is 2.80 bits per heavy atom. The van der Waals surface area contributed by atoms with Crippen molar-refractivity contribution in [3.05, 3.63) is 36.8 Å². The number of aromatic amines is 1. The molecule has 0 saturated heterocycles. The maximum atomic E-state index is 5.48. The number of nitrogens with zero attached hydrogens (tertiary/aromatic N) is 1. The molecule has 1 aliphatic rings. The first-order valence-corrected chi connectivity index (χ1v) is 7.23. The Morgan fingerprint density at radius 1 is 1.25 bits per heavy atom. The molecule has 2 N–H and O–H groups in total. The Labute approximate surface area is 119 Å². The summed E-state index contributed by atoms with van der Waals surface area (Å²) in [6.45, 7) is 0. The predicted octanol–water partition coefficient (Wildman–Crippen LogP) is 3.45. The Morgan fingerprint density at radius 2 is 2.10 bits per heavy atom. The second-order valence-corrected chi connectivity index (χ2v) is 5.41. The topological polar surface area (TPSA) is 49.9 Å². The lowest BCUT2D eigenvalue weighted by Gasteiger charge is -2.29. The van der Waals surface area contributed by atoms with E-state index in [-0.39, 0.29) is 0 Å². The van der Waals surface area contributed by atoms with Crippen molar-refractivity contribution in [1.82, 2.24) is 9.97 Å². The average molecular weight is 271 g/mol. The van der Waals surface area contributed by atoms with Gasteiger partial charge >= 0.3 is 0 Å². The third kappa shape index (κ3) is 3.02. The summed E-state index contributed by atoms with van der Waals surface area (Å²) in [5.41, 5.74) is 3.38. The van der Waals surface area contributed by atoms with Gasteiger partial charge < -0.3 is 15.0 Å². The van der Waals surface area contributed by atoms with Crippen LogP contribution < -0.4 is 5.32 Å². The third-order valence-electron chi connectivity index (χ3n) is 4.02. The number of H-pyrrole nitrogens is 1. The molecule has 1 aromatic carbocycles. The predicted molar refractivity (Wildman–Crippen MR) is 80.7 cm³/mol. The third-order valence-corrected chi connectivity index (χ3v) is 4.02. The molecular formula is C16H21N3O. The number of hydrogen-bond donors (Lipinski definition) is 2. The van der Waals surface area contributed by atoms with Crippen LogP contribution in [0.25, 0.3) is 11.3 Å². The van der Waals surface area contributed by atoms with Crippen LogP contribution in [0.15, 0.2) is 36.8 Å². The molecule has 1 aliphatic carbocycles. The number of rotatable bonds is 4. The van der Waals surface area contributed by atoms with Crippen LogP contribution in [0.4, 0.5) is 5.69 Å². The molecule has 0 bridgehead atoms. The molecule has 1 aromatic heterocycles. The zero-order valence-corrected chi connectivity index (χ0v) is 11.8. The minimum absolute atomic E-state index is 0.408. The van der Waals surface area contributed by atoms with Crippen LogP contribution in [-0.2, 0) is 4.74 Å². The second-order valence-electron chi connectivity index (χ2n) is 5.41. The summed E-state index contributed by atoms with van der Waals surface area (Å²) in [7, 11) is 1.81. The first kappa shape index (κ1) is 13.2. The van der Waals surface area contributed by atoms with Gasteiger partial charge in [-0.1, -0.05) is 12.1 Å². The van der Waals surface area contributed by atoms with Crippen molar-refractivity contribution in [2.45, 2.75) is 37.8 Å². The monoisotopic (exact) mass is 271 g/mol. The molecule has 2 aromatic rings. The van der Waals surface area contributed by atoms with E-state index < -0.39 is 0 Å². The van der Waals surface area contributed by atoms with Gasteiger partial charge in [-0.25, -0.2) is 4.98 Å². The average Bonchev–Trinajstić information content (AvgIpc) is 3.02. The van der Waals surface area contributed by atoms with E-state index in [0.717, 1.165) is 17.7 Å². The standard InChI is InChI=1S/C16H21N3O/c1-20-15-4-2-3-14(9-15)19-13-7-5-12(6-8-13)16-10-17-11-18-16/h5-8,10-11,14-15,19H,2-4,9H2,1H3,(H,17,18). The van der Waals surface area contributed by atoms with E-state index in [1.54, 1.807) is 6.33 Å². The molecule has 106 valence electrons. The van der Waals surface area contributed by atoms with Gasteiger partial charge in [0.25, 0.3) is 0 Å². The van der Waals surface area contributed by atoms with Crippen molar-refractivity contribution in [1.29, 1.82) is 0 Å². The van der Waals surface area contributed by atoms with Crippen molar-refractivity contribution in [3.8, 4) is 11.3 Å². The highest BCUT2D eigenvalue weighted by atomic mass is 16.5. The lowest BCUT2D eigenvalue weighted by atomic mass is 9.92. The normalized spacial score (nSPS) is 22.6. The molecule has 4 heteroatoms. The van der Waals surface area contributed by atoms with E-state index in [0.29, 0.717) is 12.1 Å². The van der Waals surface area contributed by atoms with E-state index in [2.05, 4.69) is 39.6 Å². The van der Waals surface area contributed by atoms with Crippen LogP contribution >= 0.6 is 0 Å². The largest absolute Gasteiger partial charge is 0.382 e. The molecule has 3 rings (SSSR count). The summed E-state index contributed by atoms with van der Waals surface area (Å²) >= 11 is 0. The summed E-state index contributed by atoms with van der Waals surface area (Å²) in [5.74, 6) is 0. The molecule has 2 unspecified atom stereocenters. The Kier molecular flexibility index (Phi) is 4.02. The molecule has 0 aliphatic heterocycles. The van der Waals surface area contributed by atoms with E-state index in [4.69, 9.17) is 4.74 Å². The molecule has 4 nitrogen and oxygen atoms in total. The van der Waals surface area contributed by atoms with Crippen molar-refractivity contribution in [3.63, 3.8) is 0 Å². The summed E-state index contributed by atoms with van der Waals surface area (Å²) < 4.78 is 5.48. The Hall–Kier alpha value is -1.81. The van der Waals surface area contributed by atoms with Crippen molar-refractivity contribution < 1.29 is 4.74 Å². The SMILES string of the molecule is COC1CCCC(Nc2ccc(-c3cnc[nH]3)cc2)C1. The van der Waals surface area contributed by atoms with E-state index in [1.165, 1.54) is 24.9 Å². The number of benzene rings is 1. The number of methoxy groups -OCH3 is 1. The highest BCUT2D eigenvalue weighted by molar-refractivity contribution is 5.62. The van der Waals surface area contributed by atoms with Gasteiger partial charge in [-0.2, -0.15) is 0 Å². The molecule has 20 heavy (non-hydrogen) atoms. The fraction of sp³-hybridized carbons (Fsp3) is 0.438. The van der Waals surface area contributed by atoms with E-state index in [9.17, 15) is 0 Å². The minimum Gasteiger partial charge on any atom is -0.382 e. The maximum Gasteiger partial charge on any atom is 0.0924 e. The van der Waals surface area contributed by atoms with Crippen LogP contribution in [0.1, 0.15) is 25.7 Å². The zero-order chi connectivity index (χ0) is 13.8. The van der Waals surface area contributed by atoms with Crippen molar-refractivity contribution in [2.24, 2.45) is 0 Å². The van der Waals surface area contributed by atoms with Crippen LogP contribution in [0.3, 0.4) is 0 Å². The first-order valence-electron chi connectivity index (χ1n) is 7.23.